The fourth-order valence-electron chi connectivity index (χ4n) is 4.97. The van der Waals surface area contributed by atoms with Crippen molar-refractivity contribution in [1.82, 2.24) is 9.80 Å². The maximum absolute atomic E-state index is 14.2. The topological polar surface area (TPSA) is 40.6 Å². The highest BCUT2D eigenvalue weighted by molar-refractivity contribution is 5.81. The van der Waals surface area contributed by atoms with Gasteiger partial charge in [-0.1, -0.05) is 36.4 Å². The van der Waals surface area contributed by atoms with E-state index in [4.69, 9.17) is 0 Å². The quantitative estimate of drug-likeness (QED) is 0.406. The van der Waals surface area contributed by atoms with Crippen molar-refractivity contribution in [2.24, 2.45) is 0 Å². The van der Waals surface area contributed by atoms with Crippen LogP contribution in [0.1, 0.15) is 43.9 Å². The molecule has 3 aromatic rings. The number of nitrogens with zero attached hydrogens (tertiary/aromatic N) is 2. The van der Waals surface area contributed by atoms with Crippen LogP contribution in [-0.2, 0) is 10.3 Å². The molecule has 7 heteroatoms. The van der Waals surface area contributed by atoms with Crippen LogP contribution in [-0.4, -0.2) is 35.2 Å². The zero-order chi connectivity index (χ0) is 25.3. The van der Waals surface area contributed by atoms with E-state index in [0.717, 1.165) is 17.2 Å². The third-order valence-corrected chi connectivity index (χ3v) is 6.97. The Kier molecular flexibility index (Phi) is 6.70. The van der Waals surface area contributed by atoms with Crippen LogP contribution in [0.25, 0.3) is 11.1 Å². The molecule has 2 amide bonds. The highest BCUT2D eigenvalue weighted by Gasteiger charge is 2.46. The molecule has 1 aliphatic rings. The van der Waals surface area contributed by atoms with Gasteiger partial charge in [0.05, 0.1) is 11.6 Å². The van der Waals surface area contributed by atoms with Crippen LogP contribution in [0.5, 0.6) is 0 Å². The molecule has 0 spiro atoms. The van der Waals surface area contributed by atoms with Gasteiger partial charge >= 0.3 is 6.03 Å². The Morgan fingerprint density at radius 3 is 2.20 bits per heavy atom. The molecule has 0 bridgehead atoms. The van der Waals surface area contributed by atoms with Crippen LogP contribution in [0.4, 0.5) is 18.0 Å². The van der Waals surface area contributed by atoms with Crippen LogP contribution in [0.15, 0.2) is 66.7 Å². The number of halogens is 3. The van der Waals surface area contributed by atoms with E-state index in [1.165, 1.54) is 31.2 Å². The molecule has 0 saturated carbocycles. The number of carbonyl (C=O) groups is 2. The van der Waals surface area contributed by atoms with Crippen molar-refractivity contribution in [2.45, 2.75) is 38.3 Å². The minimum atomic E-state index is -0.850. The summed E-state index contributed by atoms with van der Waals surface area (Å²) in [5, 5.41) is 0. The van der Waals surface area contributed by atoms with Gasteiger partial charge < -0.3 is 9.80 Å². The van der Waals surface area contributed by atoms with Crippen molar-refractivity contribution in [3.63, 3.8) is 0 Å². The maximum atomic E-state index is 14.2. The summed E-state index contributed by atoms with van der Waals surface area (Å²) in [4.78, 5) is 29.0. The number of benzene rings is 3. The lowest BCUT2D eigenvalue weighted by atomic mass is 9.79. The van der Waals surface area contributed by atoms with Crippen molar-refractivity contribution in [2.75, 3.05) is 13.6 Å². The first-order valence-corrected chi connectivity index (χ1v) is 11.5. The Morgan fingerprint density at radius 2 is 1.60 bits per heavy atom. The van der Waals surface area contributed by atoms with E-state index >= 15 is 0 Å². The molecule has 0 radical (unpaired) electrons. The zero-order valence-electron chi connectivity index (χ0n) is 19.9. The van der Waals surface area contributed by atoms with E-state index in [1.54, 1.807) is 41.1 Å². The number of hydrogen-bond acceptors (Lipinski definition) is 2. The second-order valence-corrected chi connectivity index (χ2v) is 9.12. The van der Waals surface area contributed by atoms with Crippen LogP contribution in [0.3, 0.4) is 0 Å². The molecule has 2 unspecified atom stereocenters. The molecule has 35 heavy (non-hydrogen) atoms. The molecular formula is C28H27F3N2O2. The molecule has 182 valence electrons. The second kappa shape index (κ2) is 9.56. The van der Waals surface area contributed by atoms with Crippen molar-refractivity contribution in [3.05, 3.63) is 95.3 Å². The normalized spacial score (nSPS) is 19.1. The van der Waals surface area contributed by atoms with Gasteiger partial charge in [-0.15, -0.1) is 0 Å². The highest BCUT2D eigenvalue weighted by Crippen LogP contribution is 2.41. The predicted molar refractivity (Wildman–Crippen MR) is 128 cm³/mol. The number of hydrogen-bond donors (Lipinski definition) is 0. The number of rotatable bonds is 6. The van der Waals surface area contributed by atoms with Crippen LogP contribution in [0, 0.1) is 17.5 Å². The molecule has 1 aliphatic heterocycles. The highest BCUT2D eigenvalue weighted by atomic mass is 19.1. The van der Waals surface area contributed by atoms with Gasteiger partial charge in [0.2, 0.25) is 0 Å². The summed E-state index contributed by atoms with van der Waals surface area (Å²) >= 11 is 0. The van der Waals surface area contributed by atoms with Gasteiger partial charge in [0.1, 0.15) is 23.2 Å². The zero-order valence-corrected chi connectivity index (χ0v) is 19.9. The standard InChI is InChI=1S/C28H27F3N2O2/c1-18(34)17-28(22-8-10-23(29)11-9-22)14-15-33(27(35)32(28)3)19(2)20-4-6-21(7-5-20)25-13-12-24(30)16-26(25)31/h4-13,16,19H,14-15,17H2,1-3H3. The third kappa shape index (κ3) is 4.67. The number of urea groups is 1. The third-order valence-electron chi connectivity index (χ3n) is 6.97. The van der Waals surface area contributed by atoms with Crippen LogP contribution < -0.4 is 0 Å². The molecule has 4 nitrogen and oxygen atoms in total. The Bertz CT molecular complexity index is 1240. The van der Waals surface area contributed by atoms with Gasteiger partial charge in [0.15, 0.2) is 0 Å². The summed E-state index contributed by atoms with van der Waals surface area (Å²) in [7, 11) is 1.67. The molecule has 1 saturated heterocycles. The Hall–Kier alpha value is -3.61. The summed E-state index contributed by atoms with van der Waals surface area (Å²) < 4.78 is 41.0. The number of ketones is 1. The Labute approximate surface area is 203 Å². The smallest absolute Gasteiger partial charge is 0.318 e. The first kappa shape index (κ1) is 24.5. The molecule has 0 aromatic heterocycles. The fourth-order valence-corrected chi connectivity index (χ4v) is 4.97. The van der Waals surface area contributed by atoms with Gasteiger partial charge in [0, 0.05) is 31.6 Å². The number of amides is 2. The average molecular weight is 481 g/mol. The van der Waals surface area contributed by atoms with Gasteiger partial charge in [-0.25, -0.2) is 18.0 Å². The van der Waals surface area contributed by atoms with Crippen molar-refractivity contribution < 1.29 is 22.8 Å². The van der Waals surface area contributed by atoms with Crippen LogP contribution >= 0.6 is 0 Å². The fraction of sp³-hybridized carbons (Fsp3) is 0.286. The molecule has 0 aliphatic carbocycles. The van der Waals surface area contributed by atoms with Gasteiger partial charge in [-0.05, 0) is 61.2 Å². The first-order chi connectivity index (χ1) is 16.6. The second-order valence-electron chi connectivity index (χ2n) is 9.12. The van der Waals surface area contributed by atoms with Crippen molar-refractivity contribution in [1.29, 1.82) is 0 Å². The molecule has 1 heterocycles. The molecule has 3 aromatic carbocycles. The van der Waals surface area contributed by atoms with Crippen molar-refractivity contribution in [3.8, 4) is 11.1 Å². The maximum Gasteiger partial charge on any atom is 0.320 e. The van der Waals surface area contributed by atoms with Crippen LogP contribution in [0.2, 0.25) is 0 Å². The van der Waals surface area contributed by atoms with E-state index < -0.39 is 17.2 Å². The van der Waals surface area contributed by atoms with E-state index in [2.05, 4.69) is 0 Å². The summed E-state index contributed by atoms with van der Waals surface area (Å²) in [5.41, 5.74) is 1.64. The Morgan fingerprint density at radius 1 is 0.971 bits per heavy atom. The molecule has 4 rings (SSSR count). The first-order valence-electron chi connectivity index (χ1n) is 11.5. The minimum Gasteiger partial charge on any atom is -0.318 e. The van der Waals surface area contributed by atoms with Gasteiger partial charge in [-0.3, -0.25) is 4.79 Å². The summed E-state index contributed by atoms with van der Waals surface area (Å²) in [6.07, 6.45) is 0.644. The molecule has 0 N–H and O–H groups in total. The predicted octanol–water partition coefficient (Wildman–Crippen LogP) is 6.46. The monoisotopic (exact) mass is 480 g/mol. The summed E-state index contributed by atoms with van der Waals surface area (Å²) in [6, 6.07) is 16.1. The Balaban J connectivity index is 1.58. The van der Waals surface area contributed by atoms with E-state index in [1.807, 2.05) is 19.1 Å². The summed E-state index contributed by atoms with van der Waals surface area (Å²) in [6.45, 7) is 3.81. The van der Waals surface area contributed by atoms with E-state index in [9.17, 15) is 22.8 Å². The number of Topliss-reactive ketones (excluding diaryl/α,β-unsaturated/α-hetero) is 1. The lowest BCUT2D eigenvalue weighted by molar-refractivity contribution is -0.120. The number of carbonyl (C=O) groups excluding carboxylic acids is 2. The lowest BCUT2D eigenvalue weighted by Gasteiger charge is -2.50. The SMILES string of the molecule is CC(=O)CC1(c2ccc(F)cc2)CCN(C(C)c2ccc(-c3ccc(F)cc3F)cc2)C(=O)N1C. The average Bonchev–Trinajstić information content (AvgIpc) is 2.82. The molecule has 1 fully saturated rings. The molecular weight excluding hydrogens is 453 g/mol. The summed E-state index contributed by atoms with van der Waals surface area (Å²) in [5.74, 6) is -1.71. The van der Waals surface area contributed by atoms with E-state index in [-0.39, 0.29) is 30.1 Å². The lowest BCUT2D eigenvalue weighted by Crippen LogP contribution is -2.59. The van der Waals surface area contributed by atoms with Gasteiger partial charge in [-0.2, -0.15) is 0 Å². The van der Waals surface area contributed by atoms with Gasteiger partial charge in [0.25, 0.3) is 0 Å². The van der Waals surface area contributed by atoms with E-state index in [0.29, 0.717) is 24.1 Å². The minimum absolute atomic E-state index is 0.0564. The van der Waals surface area contributed by atoms with Crippen molar-refractivity contribution >= 4 is 11.8 Å². The molecule has 2 atom stereocenters. The largest absolute Gasteiger partial charge is 0.320 e.